The zero-order valence-corrected chi connectivity index (χ0v) is 12.4. The summed E-state index contributed by atoms with van der Waals surface area (Å²) in [6, 6.07) is 15.2. The van der Waals surface area contributed by atoms with Crippen LogP contribution in [-0.2, 0) is 0 Å². The summed E-state index contributed by atoms with van der Waals surface area (Å²) in [5.74, 6) is 0.591. The molecule has 0 saturated carbocycles. The van der Waals surface area contributed by atoms with Crippen LogP contribution in [0.4, 0.5) is 16.2 Å². The maximum atomic E-state index is 11.3. The largest absolute Gasteiger partial charge is 0.465 e. The first-order chi connectivity index (χ1) is 10.6. The Morgan fingerprint density at radius 3 is 2.32 bits per heavy atom. The van der Waals surface area contributed by atoms with E-state index in [2.05, 4.69) is 0 Å². The highest BCUT2D eigenvalue weighted by atomic mass is 32.2. The average Bonchev–Trinajstić information content (AvgIpc) is 2.52. The van der Waals surface area contributed by atoms with Gasteiger partial charge in [-0.1, -0.05) is 18.2 Å². The minimum absolute atomic E-state index is 0.0623. The lowest BCUT2D eigenvalue weighted by molar-refractivity contribution is -0.384. The maximum Gasteiger partial charge on any atom is 0.411 e. The summed E-state index contributed by atoms with van der Waals surface area (Å²) in [5.41, 5.74) is 0.361. The number of anilines is 1. The number of nitro benzene ring substituents is 1. The highest BCUT2D eigenvalue weighted by Crippen LogP contribution is 2.22. The van der Waals surface area contributed by atoms with E-state index in [9.17, 15) is 20.0 Å². The predicted octanol–water partition coefficient (Wildman–Crippen LogP) is 3.87. The zero-order chi connectivity index (χ0) is 15.9. The van der Waals surface area contributed by atoms with E-state index in [4.69, 9.17) is 0 Å². The molecule has 6 nitrogen and oxygen atoms in total. The number of hydrogen-bond acceptors (Lipinski definition) is 4. The molecular formula is C15H14N2O4S. The normalized spacial score (nSPS) is 10.2. The lowest BCUT2D eigenvalue weighted by Gasteiger charge is -2.18. The number of hydrogen-bond donors (Lipinski definition) is 1. The van der Waals surface area contributed by atoms with Crippen LogP contribution in [0.1, 0.15) is 0 Å². The molecule has 7 heteroatoms. The molecule has 0 heterocycles. The van der Waals surface area contributed by atoms with Gasteiger partial charge in [0.25, 0.3) is 5.69 Å². The Morgan fingerprint density at radius 1 is 1.14 bits per heavy atom. The van der Waals surface area contributed by atoms with E-state index in [0.717, 1.165) is 4.90 Å². The Hall–Kier alpha value is -2.54. The Bertz CT molecular complexity index is 646. The second-order valence-corrected chi connectivity index (χ2v) is 5.54. The molecule has 0 aliphatic carbocycles. The monoisotopic (exact) mass is 318 g/mol. The summed E-state index contributed by atoms with van der Waals surface area (Å²) in [7, 11) is 0. The van der Waals surface area contributed by atoms with Crippen LogP contribution in [0.2, 0.25) is 0 Å². The van der Waals surface area contributed by atoms with Crippen molar-refractivity contribution in [1.29, 1.82) is 0 Å². The number of rotatable bonds is 6. The van der Waals surface area contributed by atoms with Gasteiger partial charge in [-0.05, 0) is 24.3 Å². The molecule has 0 spiro atoms. The highest BCUT2D eigenvalue weighted by Gasteiger charge is 2.15. The molecule has 1 N–H and O–H groups in total. The van der Waals surface area contributed by atoms with Gasteiger partial charge in [-0.2, -0.15) is 0 Å². The van der Waals surface area contributed by atoms with E-state index in [1.807, 2.05) is 30.3 Å². The standard InChI is InChI=1S/C15H14N2O4S/c18-15(19)16(10-11-22-14-4-2-1-3-5-14)12-6-8-13(9-7-12)17(20)21/h1-9H,10-11H2,(H,18,19). The highest BCUT2D eigenvalue weighted by molar-refractivity contribution is 7.99. The molecule has 0 fully saturated rings. The van der Waals surface area contributed by atoms with Crippen LogP contribution in [0.5, 0.6) is 0 Å². The van der Waals surface area contributed by atoms with Gasteiger partial charge in [-0.15, -0.1) is 11.8 Å². The summed E-state index contributed by atoms with van der Waals surface area (Å²) < 4.78 is 0. The predicted molar refractivity (Wildman–Crippen MR) is 85.6 cm³/mol. The van der Waals surface area contributed by atoms with Gasteiger partial charge in [0.1, 0.15) is 0 Å². The van der Waals surface area contributed by atoms with Gasteiger partial charge < -0.3 is 5.11 Å². The molecule has 0 aromatic heterocycles. The number of thioether (sulfide) groups is 1. The van der Waals surface area contributed by atoms with Crippen molar-refractivity contribution >= 4 is 29.2 Å². The third kappa shape index (κ3) is 4.23. The lowest BCUT2D eigenvalue weighted by atomic mass is 10.2. The fourth-order valence-corrected chi connectivity index (χ4v) is 2.72. The van der Waals surface area contributed by atoms with Crippen molar-refractivity contribution in [2.45, 2.75) is 4.90 Å². The van der Waals surface area contributed by atoms with Gasteiger partial charge in [0.15, 0.2) is 0 Å². The van der Waals surface area contributed by atoms with Gasteiger partial charge in [0.2, 0.25) is 0 Å². The number of benzene rings is 2. The summed E-state index contributed by atoms with van der Waals surface area (Å²) >= 11 is 1.56. The van der Waals surface area contributed by atoms with Crippen LogP contribution in [0.3, 0.4) is 0 Å². The Labute approximate surface area is 131 Å². The van der Waals surface area contributed by atoms with Crippen LogP contribution in [0.15, 0.2) is 59.5 Å². The maximum absolute atomic E-state index is 11.3. The molecule has 0 saturated heterocycles. The number of non-ortho nitro benzene ring substituents is 1. The molecule has 0 aliphatic heterocycles. The molecule has 0 radical (unpaired) electrons. The summed E-state index contributed by atoms with van der Waals surface area (Å²) in [6.45, 7) is 0.298. The molecule has 2 aromatic carbocycles. The van der Waals surface area contributed by atoms with Gasteiger partial charge >= 0.3 is 6.09 Å². The number of nitro groups is 1. The van der Waals surface area contributed by atoms with E-state index in [1.54, 1.807) is 11.8 Å². The van der Waals surface area contributed by atoms with Crippen molar-refractivity contribution in [1.82, 2.24) is 0 Å². The minimum atomic E-state index is -1.08. The second kappa shape index (κ2) is 7.46. The number of amides is 1. The van der Waals surface area contributed by atoms with Gasteiger partial charge in [-0.25, -0.2) is 4.79 Å². The molecule has 114 valence electrons. The zero-order valence-electron chi connectivity index (χ0n) is 11.6. The van der Waals surface area contributed by atoms with Gasteiger partial charge in [0, 0.05) is 35.0 Å². The van der Waals surface area contributed by atoms with E-state index in [1.165, 1.54) is 29.2 Å². The lowest BCUT2D eigenvalue weighted by Crippen LogP contribution is -2.31. The molecule has 2 rings (SSSR count). The average molecular weight is 318 g/mol. The minimum Gasteiger partial charge on any atom is -0.465 e. The Balaban J connectivity index is 2.00. The van der Waals surface area contributed by atoms with Crippen LogP contribution in [-0.4, -0.2) is 28.4 Å². The Morgan fingerprint density at radius 2 is 1.77 bits per heavy atom. The third-order valence-electron chi connectivity index (χ3n) is 2.93. The molecule has 2 aromatic rings. The molecule has 1 amide bonds. The molecule has 0 bridgehead atoms. The number of nitrogens with zero attached hydrogens (tertiary/aromatic N) is 2. The van der Waals surface area contributed by atoms with Gasteiger partial charge in [0.05, 0.1) is 4.92 Å². The quantitative estimate of drug-likeness (QED) is 0.496. The topological polar surface area (TPSA) is 83.7 Å². The molecule has 0 atom stereocenters. The first-order valence-corrected chi connectivity index (χ1v) is 7.49. The third-order valence-corrected chi connectivity index (χ3v) is 3.92. The Kier molecular flexibility index (Phi) is 5.37. The van der Waals surface area contributed by atoms with E-state index >= 15 is 0 Å². The summed E-state index contributed by atoms with van der Waals surface area (Å²) in [5, 5.41) is 19.9. The molecule has 22 heavy (non-hydrogen) atoms. The first-order valence-electron chi connectivity index (χ1n) is 6.50. The van der Waals surface area contributed by atoms with E-state index < -0.39 is 11.0 Å². The van der Waals surface area contributed by atoms with E-state index in [-0.39, 0.29) is 5.69 Å². The fourth-order valence-electron chi connectivity index (χ4n) is 1.86. The number of carbonyl (C=O) groups is 1. The first kappa shape index (κ1) is 15.8. The van der Waals surface area contributed by atoms with Crippen molar-refractivity contribution in [3.63, 3.8) is 0 Å². The van der Waals surface area contributed by atoms with Crippen molar-refractivity contribution in [2.24, 2.45) is 0 Å². The van der Waals surface area contributed by atoms with Crippen LogP contribution in [0, 0.1) is 10.1 Å². The molecule has 0 aliphatic rings. The summed E-state index contributed by atoms with van der Waals surface area (Å²) in [4.78, 5) is 23.7. The fraction of sp³-hybridized carbons (Fsp3) is 0.133. The summed E-state index contributed by atoms with van der Waals surface area (Å²) in [6.07, 6.45) is -1.08. The van der Waals surface area contributed by atoms with Crippen LogP contribution in [0.25, 0.3) is 0 Å². The van der Waals surface area contributed by atoms with Gasteiger partial charge in [-0.3, -0.25) is 15.0 Å². The van der Waals surface area contributed by atoms with Crippen LogP contribution >= 0.6 is 11.8 Å². The van der Waals surface area contributed by atoms with Crippen LogP contribution < -0.4 is 4.90 Å². The SMILES string of the molecule is O=C(O)N(CCSc1ccccc1)c1ccc([N+](=O)[O-])cc1. The van der Waals surface area contributed by atoms with Crippen molar-refractivity contribution in [3.05, 3.63) is 64.7 Å². The second-order valence-electron chi connectivity index (χ2n) is 4.37. The number of carboxylic acid groups (broad SMARTS) is 1. The van der Waals surface area contributed by atoms with Crippen molar-refractivity contribution in [3.8, 4) is 0 Å². The molecular weight excluding hydrogens is 304 g/mol. The van der Waals surface area contributed by atoms with Crippen molar-refractivity contribution < 1.29 is 14.8 Å². The van der Waals surface area contributed by atoms with E-state index in [0.29, 0.717) is 18.0 Å². The smallest absolute Gasteiger partial charge is 0.411 e. The molecule has 0 unspecified atom stereocenters. The van der Waals surface area contributed by atoms with Crippen molar-refractivity contribution in [2.75, 3.05) is 17.2 Å².